The summed E-state index contributed by atoms with van der Waals surface area (Å²) in [7, 11) is 0. The summed E-state index contributed by atoms with van der Waals surface area (Å²) in [6, 6.07) is 0. The average Bonchev–Trinajstić information content (AvgIpc) is 2.51. The molecule has 3 rings (SSSR count). The topological polar surface area (TPSA) is 138 Å². The largest absolute Gasteiger partial charge is 0.434 e. The summed E-state index contributed by atoms with van der Waals surface area (Å²) >= 11 is 0. The van der Waals surface area contributed by atoms with Gasteiger partial charge in [-0.05, 0) is 13.0 Å². The molecule has 10 heteroatoms. The van der Waals surface area contributed by atoms with Gasteiger partial charge in [0.15, 0.2) is 5.60 Å². The maximum atomic E-state index is 12.2. The van der Waals surface area contributed by atoms with Gasteiger partial charge in [0.2, 0.25) is 0 Å². The summed E-state index contributed by atoms with van der Waals surface area (Å²) in [4.78, 5) is 37.9. The first kappa shape index (κ1) is 16.1. The highest BCUT2D eigenvalue weighted by Gasteiger charge is 2.63. The third-order valence-corrected chi connectivity index (χ3v) is 3.95. The summed E-state index contributed by atoms with van der Waals surface area (Å²) in [5.41, 5.74) is 3.17. The molecule has 1 spiro atoms. The highest BCUT2D eigenvalue weighted by molar-refractivity contribution is 5.92. The van der Waals surface area contributed by atoms with Crippen molar-refractivity contribution in [3.05, 3.63) is 0 Å². The number of fused-ring (bicyclic) bond motifs is 2. The van der Waals surface area contributed by atoms with E-state index in [9.17, 15) is 19.5 Å². The molecule has 3 aliphatic rings. The summed E-state index contributed by atoms with van der Waals surface area (Å²) in [5, 5.41) is 10.2. The average molecular weight is 330 g/mol. The van der Waals surface area contributed by atoms with Crippen LogP contribution in [0.15, 0.2) is 0 Å². The molecule has 23 heavy (non-hydrogen) atoms. The van der Waals surface area contributed by atoms with E-state index >= 15 is 0 Å². The predicted molar refractivity (Wildman–Crippen MR) is 70.2 cm³/mol. The molecule has 0 radical (unpaired) electrons. The Labute approximate surface area is 131 Å². The second-order valence-corrected chi connectivity index (χ2v) is 5.72. The lowest BCUT2D eigenvalue weighted by atomic mass is 9.96. The van der Waals surface area contributed by atoms with E-state index in [1.54, 1.807) is 4.90 Å². The molecule has 10 nitrogen and oxygen atoms in total. The first-order chi connectivity index (χ1) is 10.9. The second-order valence-electron chi connectivity index (χ2n) is 5.72. The van der Waals surface area contributed by atoms with Gasteiger partial charge in [-0.15, -0.1) is 0 Å². The van der Waals surface area contributed by atoms with E-state index in [2.05, 4.69) is 0 Å². The van der Waals surface area contributed by atoms with Gasteiger partial charge in [0.05, 0.1) is 19.4 Å². The van der Waals surface area contributed by atoms with Crippen molar-refractivity contribution in [3.8, 4) is 0 Å². The molecule has 3 N–H and O–H groups in total. The van der Waals surface area contributed by atoms with Crippen molar-refractivity contribution in [1.82, 2.24) is 4.90 Å². The zero-order valence-corrected chi connectivity index (χ0v) is 12.4. The van der Waals surface area contributed by atoms with Crippen molar-refractivity contribution in [2.75, 3.05) is 26.2 Å². The van der Waals surface area contributed by atoms with Crippen LogP contribution in [-0.2, 0) is 33.3 Å². The van der Waals surface area contributed by atoms with Gasteiger partial charge in [0, 0.05) is 13.1 Å². The number of nitrogens with zero attached hydrogens (tertiary/aromatic N) is 1. The van der Waals surface area contributed by atoms with Crippen molar-refractivity contribution in [2.45, 2.75) is 37.1 Å². The fraction of sp³-hybridized carbons (Fsp3) is 0.769. The van der Waals surface area contributed by atoms with E-state index in [4.69, 9.17) is 24.7 Å². The quantitative estimate of drug-likeness (QED) is 0.549. The monoisotopic (exact) mass is 330 g/mol. The smallest absolute Gasteiger partial charge is 0.430 e. The van der Waals surface area contributed by atoms with Crippen molar-refractivity contribution >= 4 is 17.9 Å². The van der Waals surface area contributed by atoms with E-state index in [1.165, 1.54) is 0 Å². The van der Waals surface area contributed by atoms with Crippen LogP contribution in [0.3, 0.4) is 0 Å². The van der Waals surface area contributed by atoms with Crippen molar-refractivity contribution < 1.29 is 38.4 Å². The molecular formula is C13H18N2O8. The summed E-state index contributed by atoms with van der Waals surface area (Å²) in [5.74, 6) is -5.12. The van der Waals surface area contributed by atoms with Gasteiger partial charge in [-0.3, -0.25) is 14.5 Å². The van der Waals surface area contributed by atoms with E-state index in [-0.39, 0.29) is 6.61 Å². The summed E-state index contributed by atoms with van der Waals surface area (Å²) in [6.45, 7) is 1.29. The summed E-state index contributed by atoms with van der Waals surface area (Å²) in [6.07, 6.45) is -2.05. The molecule has 0 aliphatic carbocycles. The van der Waals surface area contributed by atoms with Crippen LogP contribution in [0.4, 0.5) is 0 Å². The third kappa shape index (κ3) is 2.78. The Bertz CT molecular complexity index is 540. The van der Waals surface area contributed by atoms with Gasteiger partial charge in [0.25, 0.3) is 6.23 Å². The SMILES string of the molecule is NCCCN1CCOC23OC(=O)CC(O)(CC(=O)OC12)C(=O)O3. The lowest BCUT2D eigenvalue weighted by molar-refractivity contribution is -0.417. The number of carbonyl (C=O) groups is 3. The van der Waals surface area contributed by atoms with Crippen LogP contribution in [0.2, 0.25) is 0 Å². The zero-order valence-electron chi connectivity index (χ0n) is 12.4. The second kappa shape index (κ2) is 5.71. The zero-order chi connectivity index (χ0) is 16.7. The lowest BCUT2D eigenvalue weighted by Gasteiger charge is -2.45. The minimum absolute atomic E-state index is 0.0810. The number of rotatable bonds is 3. The molecule has 3 heterocycles. The molecule has 0 aromatic carbocycles. The Kier molecular flexibility index (Phi) is 4.00. The van der Waals surface area contributed by atoms with Crippen LogP contribution >= 0.6 is 0 Å². The Hall–Kier alpha value is -1.75. The van der Waals surface area contributed by atoms with E-state index in [0.717, 1.165) is 0 Å². The Morgan fingerprint density at radius 1 is 1.22 bits per heavy atom. The molecule has 3 aliphatic heterocycles. The normalized spacial score (nSPS) is 37.8. The number of esters is 3. The fourth-order valence-corrected chi connectivity index (χ4v) is 2.84. The number of morpholine rings is 1. The number of hydrogen-bond acceptors (Lipinski definition) is 10. The van der Waals surface area contributed by atoms with Crippen molar-refractivity contribution in [2.24, 2.45) is 5.73 Å². The molecule has 0 aromatic heterocycles. The molecule has 128 valence electrons. The Morgan fingerprint density at radius 2 is 1.96 bits per heavy atom. The molecule has 3 saturated heterocycles. The molecule has 0 amide bonds. The maximum Gasteiger partial charge on any atom is 0.430 e. The van der Waals surface area contributed by atoms with E-state index in [1.807, 2.05) is 0 Å². The van der Waals surface area contributed by atoms with E-state index in [0.29, 0.717) is 26.1 Å². The van der Waals surface area contributed by atoms with Crippen LogP contribution in [0.1, 0.15) is 19.3 Å². The van der Waals surface area contributed by atoms with Gasteiger partial charge in [-0.25, -0.2) is 4.79 Å². The molecule has 0 saturated carbocycles. The van der Waals surface area contributed by atoms with Crippen LogP contribution in [0.5, 0.6) is 0 Å². The van der Waals surface area contributed by atoms with Gasteiger partial charge in [0.1, 0.15) is 0 Å². The number of carbonyl (C=O) groups excluding carboxylic acids is 3. The molecule has 3 unspecified atom stereocenters. The van der Waals surface area contributed by atoms with Gasteiger partial charge >= 0.3 is 23.9 Å². The third-order valence-electron chi connectivity index (χ3n) is 3.95. The van der Waals surface area contributed by atoms with Gasteiger partial charge < -0.3 is 29.8 Å². The van der Waals surface area contributed by atoms with Crippen LogP contribution < -0.4 is 5.73 Å². The Morgan fingerprint density at radius 3 is 2.70 bits per heavy atom. The lowest BCUT2D eigenvalue weighted by Crippen LogP contribution is -2.66. The highest BCUT2D eigenvalue weighted by atomic mass is 16.9. The molecule has 0 aromatic rings. The predicted octanol–water partition coefficient (Wildman–Crippen LogP) is -2.18. The number of hydrogen-bond donors (Lipinski definition) is 2. The van der Waals surface area contributed by atoms with Crippen molar-refractivity contribution in [1.29, 1.82) is 0 Å². The van der Waals surface area contributed by atoms with E-state index < -0.39 is 48.6 Å². The van der Waals surface area contributed by atoms with Gasteiger partial charge in [-0.2, -0.15) is 0 Å². The maximum absolute atomic E-state index is 12.2. The molecular weight excluding hydrogens is 312 g/mol. The van der Waals surface area contributed by atoms with Crippen LogP contribution in [0.25, 0.3) is 0 Å². The summed E-state index contributed by atoms with van der Waals surface area (Å²) < 4.78 is 20.9. The van der Waals surface area contributed by atoms with Crippen LogP contribution in [-0.4, -0.2) is 72.0 Å². The number of nitrogens with two attached hydrogens (primary N) is 1. The fourth-order valence-electron chi connectivity index (χ4n) is 2.84. The Balaban J connectivity index is 1.99. The van der Waals surface area contributed by atoms with Crippen molar-refractivity contribution in [3.63, 3.8) is 0 Å². The number of aliphatic hydroxyl groups is 1. The molecule has 2 bridgehead atoms. The number of ether oxygens (including phenoxy) is 4. The minimum atomic E-state index is -2.31. The van der Waals surface area contributed by atoms with Gasteiger partial charge in [-0.1, -0.05) is 0 Å². The first-order valence-electron chi connectivity index (χ1n) is 7.34. The highest BCUT2D eigenvalue weighted by Crippen LogP contribution is 2.38. The van der Waals surface area contributed by atoms with Crippen LogP contribution in [0, 0.1) is 0 Å². The first-order valence-corrected chi connectivity index (χ1v) is 7.34. The standard InChI is InChI=1S/C13H18N2O8/c14-2-1-3-15-4-5-20-13-10(15)21-8(16)6-12(19,11(18)23-13)7-9(17)22-13/h10,19H,1-7,14H2. The molecule has 3 atom stereocenters. The molecule has 3 fully saturated rings. The minimum Gasteiger partial charge on any atom is -0.434 e.